The lowest BCUT2D eigenvalue weighted by atomic mass is 9.62. The van der Waals surface area contributed by atoms with Gasteiger partial charge in [0.25, 0.3) is 0 Å². The van der Waals surface area contributed by atoms with Crippen LogP contribution >= 0.6 is 11.3 Å². The zero-order valence-electron chi connectivity index (χ0n) is 10.5. The number of nitrogens with zero attached hydrogens (tertiary/aromatic N) is 2. The van der Waals surface area contributed by atoms with Crippen LogP contribution in [0, 0.1) is 11.3 Å². The molecule has 1 N–H and O–H groups in total. The van der Waals surface area contributed by atoms with Gasteiger partial charge in [-0.25, -0.2) is 4.98 Å². The first-order valence-electron chi connectivity index (χ1n) is 6.40. The molecule has 1 fully saturated rings. The molecule has 0 saturated heterocycles. The second kappa shape index (κ2) is 5.12. The molecule has 0 atom stereocenters. The largest absolute Gasteiger partial charge is 0.308 e. The summed E-state index contributed by atoms with van der Waals surface area (Å²) in [5, 5.41) is 15.0. The summed E-state index contributed by atoms with van der Waals surface area (Å²) in [7, 11) is 0. The smallest absolute Gasteiger partial charge is 0.0852 e. The first-order chi connectivity index (χ1) is 9.32. The van der Waals surface area contributed by atoms with Gasteiger partial charge in [0, 0.05) is 18.0 Å². The normalized spacial score (nSPS) is 25.5. The molecule has 0 amide bonds. The highest BCUT2D eigenvalue weighted by atomic mass is 32.1. The van der Waals surface area contributed by atoms with Gasteiger partial charge in [-0.1, -0.05) is 30.3 Å². The first-order valence-corrected chi connectivity index (χ1v) is 7.34. The summed E-state index contributed by atoms with van der Waals surface area (Å²) in [4.78, 5) is 4.25. The summed E-state index contributed by atoms with van der Waals surface area (Å²) in [6, 6.07) is 13.0. The highest BCUT2D eigenvalue weighted by Crippen LogP contribution is 2.43. The van der Waals surface area contributed by atoms with Gasteiger partial charge in [-0.05, 0) is 18.4 Å². The Hall–Kier alpha value is -1.70. The number of hydrogen-bond donors (Lipinski definition) is 1. The minimum atomic E-state index is -0.291. The Balaban J connectivity index is 1.60. The van der Waals surface area contributed by atoms with Gasteiger partial charge >= 0.3 is 0 Å². The molecule has 1 aliphatic carbocycles. The minimum absolute atomic E-state index is 0.291. The van der Waals surface area contributed by atoms with Crippen molar-refractivity contribution in [1.82, 2.24) is 10.3 Å². The zero-order chi connectivity index (χ0) is 13.1. The number of benzene rings is 1. The quantitative estimate of drug-likeness (QED) is 0.928. The van der Waals surface area contributed by atoms with E-state index in [4.69, 9.17) is 0 Å². The summed E-state index contributed by atoms with van der Waals surface area (Å²) < 4.78 is 0. The number of nitrogens with one attached hydrogen (secondary N) is 1. The zero-order valence-corrected chi connectivity index (χ0v) is 11.4. The summed E-state index contributed by atoms with van der Waals surface area (Å²) in [5.74, 6) is 0. The van der Waals surface area contributed by atoms with Gasteiger partial charge in [-0.2, -0.15) is 5.26 Å². The average molecular weight is 269 g/mol. The van der Waals surface area contributed by atoms with Crippen molar-refractivity contribution in [3.63, 3.8) is 0 Å². The summed E-state index contributed by atoms with van der Waals surface area (Å²) in [6.07, 6.45) is 1.77. The molecule has 1 heterocycles. The minimum Gasteiger partial charge on any atom is -0.308 e. The van der Waals surface area contributed by atoms with E-state index in [1.165, 1.54) is 0 Å². The Labute approximate surface area is 116 Å². The number of nitriles is 1. The van der Waals surface area contributed by atoms with E-state index in [0.717, 1.165) is 30.6 Å². The molecule has 2 aromatic rings. The molecule has 1 aromatic carbocycles. The van der Waals surface area contributed by atoms with Crippen molar-refractivity contribution in [2.45, 2.75) is 30.8 Å². The van der Waals surface area contributed by atoms with Crippen LogP contribution in [-0.4, -0.2) is 11.0 Å². The number of rotatable bonds is 4. The molecule has 1 saturated carbocycles. The molecule has 0 unspecified atom stereocenters. The Morgan fingerprint density at radius 1 is 1.37 bits per heavy atom. The third kappa shape index (κ3) is 2.40. The van der Waals surface area contributed by atoms with E-state index in [1.807, 2.05) is 23.7 Å². The van der Waals surface area contributed by atoms with Gasteiger partial charge in [-0.15, -0.1) is 11.3 Å². The van der Waals surface area contributed by atoms with Gasteiger partial charge < -0.3 is 5.32 Å². The second-order valence-electron chi connectivity index (χ2n) is 5.03. The molecule has 0 bridgehead atoms. The molecule has 0 radical (unpaired) electrons. The van der Waals surface area contributed by atoms with Crippen LogP contribution in [-0.2, 0) is 12.0 Å². The summed E-state index contributed by atoms with van der Waals surface area (Å²) in [5.41, 5.74) is 3.78. The van der Waals surface area contributed by atoms with Crippen LogP contribution in [0.3, 0.4) is 0 Å². The van der Waals surface area contributed by atoms with Gasteiger partial charge in [0.05, 0.1) is 22.7 Å². The van der Waals surface area contributed by atoms with Gasteiger partial charge in [0.1, 0.15) is 0 Å². The molecule has 19 heavy (non-hydrogen) atoms. The Morgan fingerprint density at radius 2 is 2.16 bits per heavy atom. The fourth-order valence-corrected chi connectivity index (χ4v) is 3.21. The predicted molar refractivity (Wildman–Crippen MR) is 75.7 cm³/mol. The first kappa shape index (κ1) is 12.3. The van der Waals surface area contributed by atoms with E-state index in [9.17, 15) is 5.26 Å². The molecular weight excluding hydrogens is 254 g/mol. The van der Waals surface area contributed by atoms with Crippen LogP contribution < -0.4 is 5.32 Å². The van der Waals surface area contributed by atoms with Crippen molar-refractivity contribution in [1.29, 1.82) is 5.26 Å². The van der Waals surface area contributed by atoms with Gasteiger partial charge in [0.2, 0.25) is 0 Å². The molecule has 1 aliphatic rings. The fourth-order valence-electron chi connectivity index (χ4n) is 2.65. The molecule has 1 aromatic heterocycles. The molecular formula is C15H15N3S. The standard InChI is InChI=1S/C15H15N3S/c16-10-15(12-4-2-1-3-5-12)6-13(7-15)17-8-14-9-19-11-18-14/h1-5,9,11,13,17H,6-8H2. The third-order valence-electron chi connectivity index (χ3n) is 3.79. The van der Waals surface area contributed by atoms with Crippen molar-refractivity contribution in [2.24, 2.45) is 0 Å². The number of aromatic nitrogens is 1. The van der Waals surface area contributed by atoms with Crippen molar-refractivity contribution in [3.8, 4) is 6.07 Å². The lowest BCUT2D eigenvalue weighted by Gasteiger charge is -2.43. The van der Waals surface area contributed by atoms with Crippen LogP contribution in [0.5, 0.6) is 0 Å². The van der Waals surface area contributed by atoms with E-state index in [1.54, 1.807) is 11.3 Å². The molecule has 4 heteroatoms. The highest BCUT2D eigenvalue weighted by molar-refractivity contribution is 7.07. The molecule has 0 aliphatic heterocycles. The van der Waals surface area contributed by atoms with Crippen molar-refractivity contribution >= 4 is 11.3 Å². The fraction of sp³-hybridized carbons (Fsp3) is 0.333. The van der Waals surface area contributed by atoms with Crippen molar-refractivity contribution in [3.05, 3.63) is 52.5 Å². The van der Waals surface area contributed by atoms with Crippen LogP contribution in [0.4, 0.5) is 0 Å². The van der Waals surface area contributed by atoms with E-state index in [0.29, 0.717) is 6.04 Å². The molecule has 0 spiro atoms. The second-order valence-corrected chi connectivity index (χ2v) is 5.74. The number of hydrogen-bond acceptors (Lipinski definition) is 4. The Kier molecular flexibility index (Phi) is 3.33. The molecule has 3 rings (SSSR count). The van der Waals surface area contributed by atoms with E-state index >= 15 is 0 Å². The maximum atomic E-state index is 9.47. The monoisotopic (exact) mass is 269 g/mol. The number of thiazole rings is 1. The molecule has 96 valence electrons. The lowest BCUT2D eigenvalue weighted by Crippen LogP contribution is -2.50. The van der Waals surface area contributed by atoms with E-state index in [-0.39, 0.29) is 5.41 Å². The van der Waals surface area contributed by atoms with E-state index < -0.39 is 0 Å². The van der Waals surface area contributed by atoms with E-state index in [2.05, 4.69) is 33.9 Å². The average Bonchev–Trinajstić information content (AvgIpc) is 2.92. The lowest BCUT2D eigenvalue weighted by molar-refractivity contribution is 0.225. The van der Waals surface area contributed by atoms with Crippen molar-refractivity contribution in [2.75, 3.05) is 0 Å². The summed E-state index contributed by atoms with van der Waals surface area (Å²) >= 11 is 1.61. The Bertz CT molecular complexity index is 565. The maximum Gasteiger partial charge on any atom is 0.0852 e. The third-order valence-corrected chi connectivity index (χ3v) is 4.42. The predicted octanol–water partition coefficient (Wildman–Crippen LogP) is 2.86. The summed E-state index contributed by atoms with van der Waals surface area (Å²) in [6.45, 7) is 0.796. The SMILES string of the molecule is N#CC1(c2ccccc2)CC(NCc2cscn2)C1. The van der Waals surface area contributed by atoms with Crippen LogP contribution in [0.25, 0.3) is 0 Å². The van der Waals surface area contributed by atoms with Crippen LogP contribution in [0.15, 0.2) is 41.2 Å². The maximum absolute atomic E-state index is 9.47. The van der Waals surface area contributed by atoms with Gasteiger partial charge in [0.15, 0.2) is 0 Å². The highest BCUT2D eigenvalue weighted by Gasteiger charge is 2.45. The Morgan fingerprint density at radius 3 is 2.79 bits per heavy atom. The molecule has 3 nitrogen and oxygen atoms in total. The van der Waals surface area contributed by atoms with Crippen LogP contribution in [0.2, 0.25) is 0 Å². The van der Waals surface area contributed by atoms with Crippen molar-refractivity contribution < 1.29 is 0 Å². The van der Waals surface area contributed by atoms with Gasteiger partial charge in [-0.3, -0.25) is 0 Å². The topological polar surface area (TPSA) is 48.7 Å². The van der Waals surface area contributed by atoms with Crippen LogP contribution in [0.1, 0.15) is 24.1 Å².